The van der Waals surface area contributed by atoms with Gasteiger partial charge >= 0.3 is 5.97 Å². The van der Waals surface area contributed by atoms with Crippen LogP contribution in [0.25, 0.3) is 22.2 Å². The first-order valence-corrected chi connectivity index (χ1v) is 6.55. The van der Waals surface area contributed by atoms with Gasteiger partial charge in [-0.15, -0.1) is 0 Å². The molecule has 21 heavy (non-hydrogen) atoms. The van der Waals surface area contributed by atoms with Crippen molar-refractivity contribution in [1.82, 2.24) is 19.5 Å². The van der Waals surface area contributed by atoms with E-state index >= 15 is 0 Å². The maximum absolute atomic E-state index is 12.4. The lowest BCUT2D eigenvalue weighted by Gasteiger charge is -2.03. The minimum Gasteiger partial charge on any atom is -0.462 e. The molecule has 1 N–H and O–H groups in total. The predicted octanol–water partition coefficient (Wildman–Crippen LogP) is 1.29. The molecule has 7 nitrogen and oxygen atoms in total. The van der Waals surface area contributed by atoms with Gasteiger partial charge < -0.3 is 14.3 Å². The highest BCUT2D eigenvalue weighted by atomic mass is 16.5. The van der Waals surface area contributed by atoms with Crippen LogP contribution in [0, 0.1) is 6.92 Å². The molecule has 108 valence electrons. The minimum atomic E-state index is -0.641. The number of nitrogens with one attached hydrogen (secondary N) is 1. The van der Waals surface area contributed by atoms with E-state index in [1.54, 1.807) is 13.0 Å². The lowest BCUT2D eigenvalue weighted by molar-refractivity contribution is 0.0524. The molecule has 3 aromatic rings. The number of fused-ring (bicyclic) bond motifs is 2. The van der Waals surface area contributed by atoms with Crippen LogP contribution in [0.5, 0.6) is 0 Å². The number of rotatable bonds is 2. The van der Waals surface area contributed by atoms with E-state index in [0.29, 0.717) is 22.2 Å². The van der Waals surface area contributed by atoms with E-state index in [1.807, 2.05) is 18.5 Å². The number of hydrogen-bond acceptors (Lipinski definition) is 5. The summed E-state index contributed by atoms with van der Waals surface area (Å²) in [5, 5.41) is 0.325. The number of esters is 1. The number of H-pyrrole nitrogens is 1. The second-order valence-electron chi connectivity index (χ2n) is 4.70. The molecule has 3 aromatic heterocycles. The molecule has 0 aliphatic heterocycles. The molecule has 0 radical (unpaired) electrons. The van der Waals surface area contributed by atoms with Crippen LogP contribution >= 0.6 is 0 Å². The van der Waals surface area contributed by atoms with Gasteiger partial charge in [-0.05, 0) is 19.9 Å². The van der Waals surface area contributed by atoms with Crippen LogP contribution in [-0.4, -0.2) is 32.1 Å². The first-order chi connectivity index (χ1) is 10.0. The Balaban J connectivity index is 2.31. The maximum atomic E-state index is 12.4. The molecule has 0 bridgehead atoms. The van der Waals surface area contributed by atoms with Crippen LogP contribution in [0.1, 0.15) is 23.1 Å². The Morgan fingerprint density at radius 3 is 2.90 bits per heavy atom. The summed E-state index contributed by atoms with van der Waals surface area (Å²) < 4.78 is 6.71. The fraction of sp³-hybridized carbons (Fsp3) is 0.286. The topological polar surface area (TPSA) is 89.9 Å². The Labute approximate surface area is 119 Å². The maximum Gasteiger partial charge on any atom is 0.343 e. The fourth-order valence-electron chi connectivity index (χ4n) is 2.22. The van der Waals surface area contributed by atoms with E-state index in [0.717, 1.165) is 5.82 Å². The monoisotopic (exact) mass is 286 g/mol. The number of hydrogen-bond donors (Lipinski definition) is 1. The first kappa shape index (κ1) is 13.3. The van der Waals surface area contributed by atoms with E-state index < -0.39 is 11.4 Å². The SMILES string of the molecule is CCOC(=O)c1c[nH]c2nc3c(cc2c1=O)nc(C)n3C. The molecule has 0 spiro atoms. The Bertz CT molecular complexity index is 923. The summed E-state index contributed by atoms with van der Waals surface area (Å²) in [4.78, 5) is 35.8. The van der Waals surface area contributed by atoms with Gasteiger partial charge in [0.15, 0.2) is 5.65 Å². The normalized spacial score (nSPS) is 11.2. The van der Waals surface area contributed by atoms with Gasteiger partial charge in [0, 0.05) is 13.2 Å². The number of ether oxygens (including phenoxy) is 1. The van der Waals surface area contributed by atoms with Gasteiger partial charge in [-0.2, -0.15) is 0 Å². The van der Waals surface area contributed by atoms with Gasteiger partial charge in [0.1, 0.15) is 22.6 Å². The van der Waals surface area contributed by atoms with Crippen molar-refractivity contribution in [2.24, 2.45) is 7.05 Å². The molecular weight excluding hydrogens is 272 g/mol. The molecular formula is C14H14N4O3. The zero-order valence-electron chi connectivity index (χ0n) is 11.9. The molecule has 0 saturated carbocycles. The molecule has 0 saturated heterocycles. The van der Waals surface area contributed by atoms with Crippen LogP contribution in [0.4, 0.5) is 0 Å². The molecule has 3 rings (SSSR count). The molecule has 7 heteroatoms. The number of aryl methyl sites for hydroxylation is 2. The van der Waals surface area contributed by atoms with Crippen molar-refractivity contribution in [1.29, 1.82) is 0 Å². The second kappa shape index (κ2) is 4.69. The average Bonchev–Trinajstić information content (AvgIpc) is 2.73. The number of nitrogens with zero attached hydrogens (tertiary/aromatic N) is 3. The number of aromatic nitrogens is 4. The van der Waals surface area contributed by atoms with E-state index in [-0.39, 0.29) is 12.2 Å². The van der Waals surface area contributed by atoms with E-state index in [4.69, 9.17) is 4.74 Å². The predicted molar refractivity (Wildman–Crippen MR) is 77.3 cm³/mol. The van der Waals surface area contributed by atoms with Gasteiger partial charge in [-0.1, -0.05) is 0 Å². The highest BCUT2D eigenvalue weighted by molar-refractivity contribution is 5.95. The van der Waals surface area contributed by atoms with Crippen molar-refractivity contribution in [3.63, 3.8) is 0 Å². The zero-order valence-corrected chi connectivity index (χ0v) is 11.9. The van der Waals surface area contributed by atoms with Gasteiger partial charge in [0.2, 0.25) is 5.43 Å². The third kappa shape index (κ3) is 1.97. The molecule has 0 aliphatic rings. The van der Waals surface area contributed by atoms with E-state index in [2.05, 4.69) is 15.0 Å². The van der Waals surface area contributed by atoms with Crippen LogP contribution < -0.4 is 5.43 Å². The van der Waals surface area contributed by atoms with Crippen LogP contribution in [0.3, 0.4) is 0 Å². The van der Waals surface area contributed by atoms with Gasteiger partial charge in [0.05, 0.1) is 12.0 Å². The largest absolute Gasteiger partial charge is 0.462 e. The second-order valence-corrected chi connectivity index (χ2v) is 4.70. The average molecular weight is 286 g/mol. The van der Waals surface area contributed by atoms with Crippen LogP contribution in [0.15, 0.2) is 17.1 Å². The Morgan fingerprint density at radius 2 is 2.19 bits per heavy atom. The molecule has 0 aliphatic carbocycles. The summed E-state index contributed by atoms with van der Waals surface area (Å²) in [6.07, 6.45) is 1.34. The summed E-state index contributed by atoms with van der Waals surface area (Å²) in [7, 11) is 1.86. The highest BCUT2D eigenvalue weighted by Crippen LogP contribution is 2.16. The third-order valence-electron chi connectivity index (χ3n) is 3.41. The number of carbonyl (C=O) groups excluding carboxylic acids is 1. The fourth-order valence-corrected chi connectivity index (χ4v) is 2.22. The summed E-state index contributed by atoms with van der Waals surface area (Å²) in [5.41, 5.74) is 1.29. The van der Waals surface area contributed by atoms with E-state index in [9.17, 15) is 9.59 Å². The van der Waals surface area contributed by atoms with Crippen molar-refractivity contribution in [2.75, 3.05) is 6.61 Å². The van der Waals surface area contributed by atoms with Crippen molar-refractivity contribution in [3.05, 3.63) is 33.9 Å². The van der Waals surface area contributed by atoms with Gasteiger partial charge in [0.25, 0.3) is 0 Å². The molecule has 0 fully saturated rings. The van der Waals surface area contributed by atoms with Gasteiger partial charge in [-0.3, -0.25) is 4.79 Å². The zero-order chi connectivity index (χ0) is 15.1. The molecule has 3 heterocycles. The van der Waals surface area contributed by atoms with Crippen LogP contribution in [-0.2, 0) is 11.8 Å². The lowest BCUT2D eigenvalue weighted by Crippen LogP contribution is -2.18. The minimum absolute atomic E-state index is 0.0295. The number of carbonyl (C=O) groups is 1. The summed E-state index contributed by atoms with van der Waals surface area (Å²) in [6, 6.07) is 1.65. The Morgan fingerprint density at radius 1 is 1.43 bits per heavy atom. The van der Waals surface area contributed by atoms with Gasteiger partial charge in [-0.25, -0.2) is 14.8 Å². The smallest absolute Gasteiger partial charge is 0.343 e. The first-order valence-electron chi connectivity index (χ1n) is 6.55. The number of aromatic amines is 1. The standard InChI is InChI=1S/C14H14N4O3/c1-4-21-14(20)9-6-15-12-8(11(9)19)5-10-13(17-12)18(3)7(2)16-10/h5-6H,4H2,1-3H3,(H,15,17,19). The third-order valence-corrected chi connectivity index (χ3v) is 3.41. The molecule has 0 atom stereocenters. The van der Waals surface area contributed by atoms with Crippen molar-refractivity contribution >= 4 is 28.2 Å². The van der Waals surface area contributed by atoms with E-state index in [1.165, 1.54) is 6.20 Å². The summed E-state index contributed by atoms with van der Waals surface area (Å²) >= 11 is 0. The quantitative estimate of drug-likeness (QED) is 0.717. The summed E-state index contributed by atoms with van der Waals surface area (Å²) in [6.45, 7) is 3.76. The van der Waals surface area contributed by atoms with Crippen LogP contribution in [0.2, 0.25) is 0 Å². The highest BCUT2D eigenvalue weighted by Gasteiger charge is 2.16. The van der Waals surface area contributed by atoms with Crippen molar-refractivity contribution in [2.45, 2.75) is 13.8 Å². The Hall–Kier alpha value is -2.70. The Kier molecular flexibility index (Phi) is 2.97. The molecule has 0 amide bonds. The van der Waals surface area contributed by atoms with Crippen molar-refractivity contribution < 1.29 is 9.53 Å². The molecule has 0 unspecified atom stereocenters. The number of imidazole rings is 1. The lowest BCUT2D eigenvalue weighted by atomic mass is 10.2. The number of pyridine rings is 2. The molecule has 0 aromatic carbocycles. The summed E-state index contributed by atoms with van der Waals surface area (Å²) in [5.74, 6) is 0.156. The van der Waals surface area contributed by atoms with Crippen molar-refractivity contribution in [3.8, 4) is 0 Å².